The first-order valence-electron chi connectivity index (χ1n) is 9.60. The Morgan fingerprint density at radius 2 is 0.969 bits per heavy atom. The minimum atomic E-state index is -2.76. The highest BCUT2D eigenvalue weighted by molar-refractivity contribution is 8.11. The number of aromatic nitrogens is 6. The van der Waals surface area contributed by atoms with Crippen LogP contribution >= 0.6 is 6.49 Å². The summed E-state index contributed by atoms with van der Waals surface area (Å²) in [5.41, 5.74) is 0. The predicted molar refractivity (Wildman–Crippen MR) is 130 cm³/mol. The lowest BCUT2D eigenvalue weighted by atomic mass is 10.7. The number of rotatable bonds is 9. The van der Waals surface area contributed by atoms with E-state index in [2.05, 4.69) is 30.3 Å². The molecule has 14 heteroatoms. The molecule has 0 aromatic carbocycles. The zero-order valence-corrected chi connectivity index (χ0v) is 20.6. The van der Waals surface area contributed by atoms with Gasteiger partial charge >= 0.3 is 0 Å². The summed E-state index contributed by atoms with van der Waals surface area (Å²) < 4.78 is 10.7. The second-order valence-corrected chi connectivity index (χ2v) is 11.1. The smallest absolute Gasteiger partial charge is 0.265 e. The lowest BCUT2D eigenvalue weighted by molar-refractivity contribution is 0.417. The van der Waals surface area contributed by atoms with Crippen LogP contribution in [0.15, 0.2) is 52.5 Å². The molecule has 3 aromatic rings. The highest BCUT2D eigenvalue weighted by Crippen LogP contribution is 2.55. The molecule has 3 heterocycles. The number of imidazole rings is 3. The fourth-order valence-electron chi connectivity index (χ4n) is 2.67. The van der Waals surface area contributed by atoms with Crippen LogP contribution in [-0.2, 0) is 32.9 Å². The quantitative estimate of drug-likeness (QED) is 0.262. The molecule has 3 aromatic heterocycles. The summed E-state index contributed by atoms with van der Waals surface area (Å²) in [4.78, 5) is 12.8. The Bertz CT molecular complexity index is 1030. The van der Waals surface area contributed by atoms with Crippen molar-refractivity contribution >= 4 is 36.9 Å². The van der Waals surface area contributed by atoms with E-state index in [0.717, 1.165) is 0 Å². The van der Waals surface area contributed by atoms with Crippen LogP contribution < -0.4 is 0 Å². The van der Waals surface area contributed by atoms with E-state index in [1.54, 1.807) is 72.7 Å². The molecule has 3 rings (SSSR count). The number of nitrogens with zero attached hydrogens (tertiary/aromatic N) is 12. The molecule has 0 aliphatic rings. The van der Waals surface area contributed by atoms with Crippen molar-refractivity contribution in [3.05, 3.63) is 54.7 Å². The Hall–Kier alpha value is -3.31. The van der Waals surface area contributed by atoms with E-state index in [1.165, 1.54) is 0 Å². The maximum absolute atomic E-state index is 6.12. The second kappa shape index (κ2) is 9.88. The van der Waals surface area contributed by atoms with Gasteiger partial charge in [-0.05, 0) is 11.8 Å². The summed E-state index contributed by atoms with van der Waals surface area (Å²) in [5, 5.41) is 13.7. The Balaban J connectivity index is 1.92. The summed E-state index contributed by atoms with van der Waals surface area (Å²) in [6, 6.07) is 0. The molecule has 0 unspecified atom stereocenters. The van der Waals surface area contributed by atoms with Gasteiger partial charge in [-0.2, -0.15) is 15.3 Å². The van der Waals surface area contributed by atoms with Crippen molar-refractivity contribution in [3.8, 4) is 0 Å². The molecule has 0 bridgehead atoms. The van der Waals surface area contributed by atoms with Crippen molar-refractivity contribution in [1.82, 2.24) is 43.0 Å². The molecule has 32 heavy (non-hydrogen) atoms. The van der Waals surface area contributed by atoms with Crippen LogP contribution in [0.2, 0.25) is 0 Å². The molecule has 0 saturated heterocycles. The van der Waals surface area contributed by atoms with Gasteiger partial charge in [0.25, 0.3) is 6.49 Å². The first-order chi connectivity index (χ1) is 15.2. The third kappa shape index (κ3) is 4.94. The molecule has 0 amide bonds. The third-order valence-corrected chi connectivity index (χ3v) is 9.43. The summed E-state index contributed by atoms with van der Waals surface area (Å²) >= 11 is 6.12. The topological polar surface area (TPSA) is 100 Å². The van der Waals surface area contributed by atoms with Crippen molar-refractivity contribution in [1.29, 1.82) is 0 Å². The molecule has 0 N–H and O–H groups in total. The van der Waals surface area contributed by atoms with Crippen LogP contribution in [0.3, 0.4) is 0 Å². The molecule has 0 saturated carbocycles. The van der Waals surface area contributed by atoms with Crippen LogP contribution in [0.25, 0.3) is 0 Å². The lowest BCUT2D eigenvalue weighted by Crippen LogP contribution is -2.29. The molecule has 0 radical (unpaired) electrons. The Morgan fingerprint density at radius 1 is 0.688 bits per heavy atom. The van der Waals surface area contributed by atoms with Crippen molar-refractivity contribution in [2.45, 2.75) is 0 Å². The van der Waals surface area contributed by atoms with Crippen molar-refractivity contribution in [3.63, 3.8) is 0 Å². The minimum Gasteiger partial charge on any atom is -0.333 e. The monoisotopic (exact) mass is 474 g/mol. The van der Waals surface area contributed by atoms with Gasteiger partial charge in [0.15, 0.2) is 17.5 Å². The SMILES string of the molecule is CN(/N=C\c1nccn1C)P(=S)(N(C)/N=C/c1nccn1C)N(C)/N=C/c1nccn1C. The van der Waals surface area contributed by atoms with Crippen LogP contribution in [0, 0.1) is 0 Å². The molecule has 0 aliphatic carbocycles. The van der Waals surface area contributed by atoms with Crippen LogP contribution in [0.5, 0.6) is 0 Å². The van der Waals surface area contributed by atoms with Crippen LogP contribution in [-0.4, -0.2) is 82.8 Å². The second-order valence-electron chi connectivity index (χ2n) is 6.90. The van der Waals surface area contributed by atoms with Gasteiger partial charge in [0, 0.05) is 79.5 Å². The maximum atomic E-state index is 6.12. The molecular weight excluding hydrogens is 447 g/mol. The van der Waals surface area contributed by atoms with Crippen molar-refractivity contribution in [2.24, 2.45) is 36.4 Å². The largest absolute Gasteiger partial charge is 0.333 e. The molecule has 170 valence electrons. The third-order valence-electron chi connectivity index (χ3n) is 4.73. The van der Waals surface area contributed by atoms with Gasteiger partial charge in [-0.15, -0.1) is 0 Å². The van der Waals surface area contributed by atoms with E-state index < -0.39 is 6.49 Å². The first-order valence-corrected chi connectivity index (χ1v) is 12.3. The van der Waals surface area contributed by atoms with Gasteiger partial charge < -0.3 is 13.7 Å². The van der Waals surface area contributed by atoms with Crippen molar-refractivity contribution in [2.75, 3.05) is 21.1 Å². The summed E-state index contributed by atoms with van der Waals surface area (Å²) in [6.45, 7) is -2.76. The van der Waals surface area contributed by atoms with Crippen LogP contribution in [0.1, 0.15) is 17.5 Å². The number of hydrogen-bond acceptors (Lipinski definition) is 7. The fourth-order valence-corrected chi connectivity index (χ4v) is 4.74. The van der Waals surface area contributed by atoms with E-state index >= 15 is 0 Å². The average molecular weight is 475 g/mol. The average Bonchev–Trinajstić information content (AvgIpc) is 3.49. The van der Waals surface area contributed by atoms with Gasteiger partial charge in [-0.1, -0.05) is 0 Å². The molecular formula is C18H27N12PS. The molecule has 0 aliphatic heterocycles. The first kappa shape index (κ1) is 23.4. The van der Waals surface area contributed by atoms with E-state index in [9.17, 15) is 0 Å². The number of hydrazone groups is 3. The summed E-state index contributed by atoms with van der Waals surface area (Å²) in [7, 11) is 11.1. The van der Waals surface area contributed by atoms with Gasteiger partial charge in [0.1, 0.15) is 0 Å². The van der Waals surface area contributed by atoms with Gasteiger partial charge in [0.2, 0.25) is 0 Å². The van der Waals surface area contributed by atoms with Gasteiger partial charge in [-0.25, -0.2) is 29.3 Å². The predicted octanol–water partition coefficient (Wildman–Crippen LogP) is 1.31. The molecule has 0 fully saturated rings. The standard InChI is InChI=1S/C18H27N12PS/c1-25-10-7-19-16(25)13-22-28(4)31(32,29(5)23-14-17-20-8-11-26(17)2)30(6)24-15-18-21-9-12-27(18)3/h7-15H,1-6H3/b22-13-,23-14+,24-15+. The minimum absolute atomic E-state index is 0.705. The number of hydrogen-bond donors (Lipinski definition) is 0. The fraction of sp³-hybridized carbons (Fsp3) is 0.333. The van der Waals surface area contributed by atoms with Crippen molar-refractivity contribution < 1.29 is 0 Å². The lowest BCUT2D eigenvalue weighted by Gasteiger charge is -2.39. The summed E-state index contributed by atoms with van der Waals surface area (Å²) in [5.74, 6) is 2.12. The summed E-state index contributed by atoms with van der Waals surface area (Å²) in [6.07, 6.45) is 15.7. The van der Waals surface area contributed by atoms with Gasteiger partial charge in [0.05, 0.1) is 18.6 Å². The van der Waals surface area contributed by atoms with E-state index in [4.69, 9.17) is 11.8 Å². The van der Waals surface area contributed by atoms with Gasteiger partial charge in [-0.3, -0.25) is 0 Å². The Kier molecular flexibility index (Phi) is 7.21. The van der Waals surface area contributed by atoms with E-state index in [-0.39, 0.29) is 0 Å². The Morgan fingerprint density at radius 3 is 1.19 bits per heavy atom. The van der Waals surface area contributed by atoms with Crippen LogP contribution in [0.4, 0.5) is 0 Å². The van der Waals surface area contributed by atoms with E-state index in [0.29, 0.717) is 17.5 Å². The molecule has 0 spiro atoms. The normalized spacial score (nSPS) is 12.4. The Labute approximate surface area is 192 Å². The highest BCUT2D eigenvalue weighted by atomic mass is 32.4. The number of aryl methyl sites for hydroxylation is 3. The molecule has 12 nitrogen and oxygen atoms in total. The zero-order valence-electron chi connectivity index (χ0n) is 18.9. The maximum Gasteiger partial charge on any atom is 0.265 e. The van der Waals surface area contributed by atoms with E-state index in [1.807, 2.05) is 53.4 Å². The molecule has 0 atom stereocenters. The zero-order chi connectivity index (χ0) is 23.3. The highest BCUT2D eigenvalue weighted by Gasteiger charge is 2.32.